The Bertz CT molecular complexity index is 564. The van der Waals surface area contributed by atoms with Gasteiger partial charge < -0.3 is 29.7 Å². The first-order valence-corrected chi connectivity index (χ1v) is 6.66. The Hall–Kier alpha value is -1.99. The monoisotopic (exact) mass is 310 g/mol. The quantitative estimate of drug-likeness (QED) is 0.593. The van der Waals surface area contributed by atoms with Crippen molar-refractivity contribution in [2.24, 2.45) is 0 Å². The molecule has 2 rings (SSSR count). The van der Waals surface area contributed by atoms with Crippen molar-refractivity contribution in [3.8, 4) is 11.9 Å². The van der Waals surface area contributed by atoms with Gasteiger partial charge >= 0.3 is 0 Å². The van der Waals surface area contributed by atoms with Crippen LogP contribution in [0.1, 0.15) is 5.82 Å². The number of likely N-dealkylation sites (N-methyl/N-ethyl adjacent to an activating group) is 1. The molecule has 9 nitrogen and oxygen atoms in total. The van der Waals surface area contributed by atoms with Crippen LogP contribution in [0.3, 0.4) is 0 Å². The Kier molecular flexibility index (Phi) is 5.10. The molecule has 1 aromatic rings. The van der Waals surface area contributed by atoms with Gasteiger partial charge in [-0.05, 0) is 0 Å². The van der Waals surface area contributed by atoms with Crippen molar-refractivity contribution >= 4 is 5.82 Å². The van der Waals surface area contributed by atoms with E-state index in [0.717, 1.165) is 0 Å². The van der Waals surface area contributed by atoms with E-state index in [1.54, 1.807) is 11.9 Å². The van der Waals surface area contributed by atoms with Gasteiger partial charge in [0.2, 0.25) is 11.7 Å². The molecule has 2 heterocycles. The van der Waals surface area contributed by atoms with Crippen LogP contribution in [-0.2, 0) is 4.74 Å². The van der Waals surface area contributed by atoms with Crippen LogP contribution in [0.4, 0.5) is 5.82 Å². The van der Waals surface area contributed by atoms with Crippen molar-refractivity contribution in [3.63, 3.8) is 0 Å². The minimum atomic E-state index is -1.22. The van der Waals surface area contributed by atoms with Crippen LogP contribution in [0, 0.1) is 11.3 Å². The zero-order valence-electron chi connectivity index (χ0n) is 12.2. The summed E-state index contributed by atoms with van der Waals surface area (Å²) in [7, 11) is 3.06. The molecular formula is C13H18N4O5. The van der Waals surface area contributed by atoms with E-state index in [1.807, 2.05) is 6.07 Å². The fraction of sp³-hybridized carbons (Fsp3) is 0.615. The van der Waals surface area contributed by atoms with Crippen molar-refractivity contribution in [1.29, 1.82) is 5.26 Å². The molecule has 1 fully saturated rings. The fourth-order valence-electron chi connectivity index (χ4n) is 2.29. The molecule has 0 aromatic carbocycles. The van der Waals surface area contributed by atoms with Crippen molar-refractivity contribution < 1.29 is 24.8 Å². The molecule has 4 atom stereocenters. The molecule has 120 valence electrons. The second-order valence-corrected chi connectivity index (χ2v) is 4.92. The number of aliphatic hydroxyl groups excluding tert-OH is 3. The third-order valence-corrected chi connectivity index (χ3v) is 3.64. The number of aromatic nitrogens is 2. The summed E-state index contributed by atoms with van der Waals surface area (Å²) in [6.45, 7) is -0.289. The second kappa shape index (κ2) is 6.85. The molecule has 1 saturated heterocycles. The molecule has 0 amide bonds. The molecule has 0 aliphatic carbocycles. The molecular weight excluding hydrogens is 292 g/mol. The van der Waals surface area contributed by atoms with Crippen molar-refractivity contribution in [1.82, 2.24) is 9.97 Å². The number of anilines is 1. The molecule has 9 heteroatoms. The van der Waals surface area contributed by atoms with Gasteiger partial charge in [-0.15, -0.1) is 0 Å². The van der Waals surface area contributed by atoms with E-state index in [9.17, 15) is 10.2 Å². The van der Waals surface area contributed by atoms with E-state index in [2.05, 4.69) is 9.97 Å². The summed E-state index contributed by atoms with van der Waals surface area (Å²) in [6, 6.07) is 2.75. The van der Waals surface area contributed by atoms with Crippen LogP contribution >= 0.6 is 0 Å². The summed E-state index contributed by atoms with van der Waals surface area (Å²) in [5.41, 5.74) is 0. The largest absolute Gasteiger partial charge is 0.481 e. The minimum Gasteiger partial charge on any atom is -0.481 e. The maximum atomic E-state index is 10.2. The molecule has 0 bridgehead atoms. The predicted octanol–water partition coefficient (Wildman–Crippen LogP) is -1.73. The number of nitriles is 1. The normalized spacial score (nSPS) is 28.0. The summed E-state index contributed by atoms with van der Waals surface area (Å²) in [4.78, 5) is 9.49. The number of ether oxygens (including phenoxy) is 2. The van der Waals surface area contributed by atoms with Crippen molar-refractivity contribution in [2.45, 2.75) is 24.4 Å². The Labute approximate surface area is 127 Å². The van der Waals surface area contributed by atoms with Gasteiger partial charge in [0.25, 0.3) is 0 Å². The first-order chi connectivity index (χ1) is 10.5. The van der Waals surface area contributed by atoms with Gasteiger partial charge in [0.05, 0.1) is 26.4 Å². The zero-order valence-corrected chi connectivity index (χ0v) is 12.2. The van der Waals surface area contributed by atoms with E-state index in [4.69, 9.17) is 19.8 Å². The summed E-state index contributed by atoms with van der Waals surface area (Å²) in [6.07, 6.45) is -3.18. The molecule has 22 heavy (non-hydrogen) atoms. The summed E-state index contributed by atoms with van der Waals surface area (Å²) >= 11 is 0. The SMILES string of the molecule is COc1cc(N(C)[C@H]2CO[C@H](CO)[C@H](O)[C@@H]2O)nc(C#N)n1. The van der Waals surface area contributed by atoms with Gasteiger partial charge in [-0.3, -0.25) is 0 Å². The number of nitrogens with zero attached hydrogens (tertiary/aromatic N) is 4. The Morgan fingerprint density at radius 2 is 2.18 bits per heavy atom. The molecule has 0 radical (unpaired) electrons. The maximum absolute atomic E-state index is 10.2. The standard InChI is InChI=1S/C13H18N4O5/c1-17(7-6-22-8(5-18)13(20)12(7)19)10-3-11(21-2)16-9(4-14)15-10/h3,7-8,12-13,18-20H,5-6H2,1-2H3/t7-,8+,12+,13-/m0/s1. The van der Waals surface area contributed by atoms with E-state index in [1.165, 1.54) is 13.2 Å². The lowest BCUT2D eigenvalue weighted by molar-refractivity contribution is -0.156. The fourth-order valence-corrected chi connectivity index (χ4v) is 2.29. The minimum absolute atomic E-state index is 0.0683. The van der Waals surface area contributed by atoms with Crippen LogP contribution in [0.15, 0.2) is 6.07 Å². The van der Waals surface area contributed by atoms with Gasteiger partial charge in [0.1, 0.15) is 30.2 Å². The number of rotatable bonds is 4. The van der Waals surface area contributed by atoms with Crippen LogP contribution in [0.5, 0.6) is 5.88 Å². The van der Waals surface area contributed by atoms with E-state index in [0.29, 0.717) is 5.82 Å². The Morgan fingerprint density at radius 3 is 2.77 bits per heavy atom. The van der Waals surface area contributed by atoms with Crippen molar-refractivity contribution in [2.75, 3.05) is 32.3 Å². The lowest BCUT2D eigenvalue weighted by atomic mass is 9.97. The highest BCUT2D eigenvalue weighted by molar-refractivity contribution is 5.44. The topological polar surface area (TPSA) is 132 Å². The second-order valence-electron chi connectivity index (χ2n) is 4.92. The molecule has 1 aromatic heterocycles. The van der Waals surface area contributed by atoms with Gasteiger partial charge in [0, 0.05) is 13.1 Å². The summed E-state index contributed by atoms with van der Waals surface area (Å²) < 4.78 is 10.3. The Morgan fingerprint density at radius 1 is 1.45 bits per heavy atom. The van der Waals surface area contributed by atoms with E-state index in [-0.39, 0.29) is 24.9 Å². The first-order valence-electron chi connectivity index (χ1n) is 6.66. The van der Waals surface area contributed by atoms with Crippen LogP contribution < -0.4 is 9.64 Å². The summed E-state index contributed by atoms with van der Waals surface area (Å²) in [5, 5.41) is 38.2. The van der Waals surface area contributed by atoms with Crippen molar-refractivity contribution in [3.05, 3.63) is 11.9 Å². The molecule has 0 saturated carbocycles. The van der Waals surface area contributed by atoms with Crippen LogP contribution in [0.25, 0.3) is 0 Å². The van der Waals surface area contributed by atoms with Crippen LogP contribution in [-0.4, -0.2) is 77.0 Å². The van der Waals surface area contributed by atoms with Gasteiger partial charge in [-0.25, -0.2) is 4.98 Å². The summed E-state index contributed by atoms with van der Waals surface area (Å²) in [5.74, 6) is 0.500. The highest BCUT2D eigenvalue weighted by Crippen LogP contribution is 2.24. The average molecular weight is 310 g/mol. The van der Waals surface area contributed by atoms with E-state index < -0.39 is 24.4 Å². The third-order valence-electron chi connectivity index (χ3n) is 3.64. The lowest BCUT2D eigenvalue weighted by Gasteiger charge is -2.41. The molecule has 1 aliphatic heterocycles. The smallest absolute Gasteiger partial charge is 0.237 e. The molecule has 0 spiro atoms. The molecule has 3 N–H and O–H groups in total. The maximum Gasteiger partial charge on any atom is 0.237 e. The predicted molar refractivity (Wildman–Crippen MR) is 74.3 cm³/mol. The zero-order chi connectivity index (χ0) is 16.3. The average Bonchev–Trinajstić information content (AvgIpc) is 2.56. The molecule has 0 unspecified atom stereocenters. The number of hydrogen-bond donors (Lipinski definition) is 3. The molecule has 1 aliphatic rings. The van der Waals surface area contributed by atoms with E-state index >= 15 is 0 Å². The highest BCUT2D eigenvalue weighted by Gasteiger charge is 2.40. The number of methoxy groups -OCH3 is 1. The van der Waals surface area contributed by atoms with Gasteiger partial charge in [0.15, 0.2) is 0 Å². The Balaban J connectivity index is 2.24. The number of hydrogen-bond acceptors (Lipinski definition) is 9. The van der Waals surface area contributed by atoms with Crippen LogP contribution in [0.2, 0.25) is 0 Å². The third kappa shape index (κ3) is 3.10. The lowest BCUT2D eigenvalue weighted by Crippen LogP contribution is -2.59. The number of aliphatic hydroxyl groups is 3. The van der Waals surface area contributed by atoms with Gasteiger partial charge in [-0.1, -0.05) is 0 Å². The first kappa shape index (κ1) is 16.4. The highest BCUT2D eigenvalue weighted by atomic mass is 16.5. The van der Waals surface area contributed by atoms with Gasteiger partial charge in [-0.2, -0.15) is 10.2 Å².